The lowest BCUT2D eigenvalue weighted by molar-refractivity contribution is 0.306. The smallest absolute Gasteiger partial charge is 0.138 e. The van der Waals surface area contributed by atoms with Crippen molar-refractivity contribution in [3.63, 3.8) is 0 Å². The topological polar surface area (TPSA) is 37.9 Å². The Labute approximate surface area is 151 Å². The molecule has 0 atom stereocenters. The van der Waals surface area contributed by atoms with Gasteiger partial charge >= 0.3 is 0 Å². The highest BCUT2D eigenvalue weighted by molar-refractivity contribution is 6.30. The van der Waals surface area contributed by atoms with Crippen molar-refractivity contribution in [2.75, 3.05) is 0 Å². The molecule has 0 spiro atoms. The van der Waals surface area contributed by atoms with Crippen LogP contribution in [0.15, 0.2) is 66.7 Å². The Kier molecular flexibility index (Phi) is 4.16. The molecule has 0 amide bonds. The van der Waals surface area contributed by atoms with Gasteiger partial charge < -0.3 is 9.72 Å². The van der Waals surface area contributed by atoms with E-state index in [4.69, 9.17) is 16.3 Å². The summed E-state index contributed by atoms with van der Waals surface area (Å²) in [5, 5.41) is 0.731. The molecule has 124 valence electrons. The Bertz CT molecular complexity index is 1000. The van der Waals surface area contributed by atoms with Crippen LogP contribution in [-0.4, -0.2) is 9.97 Å². The summed E-state index contributed by atoms with van der Waals surface area (Å²) in [6, 6.07) is 21.8. The lowest BCUT2D eigenvalue weighted by atomic mass is 10.2. The lowest BCUT2D eigenvalue weighted by Gasteiger charge is -2.07. The van der Waals surface area contributed by atoms with Crippen LogP contribution in [-0.2, 0) is 6.61 Å². The summed E-state index contributed by atoms with van der Waals surface area (Å²) >= 11 is 5.89. The van der Waals surface area contributed by atoms with Crippen molar-refractivity contribution in [2.45, 2.75) is 13.5 Å². The molecule has 1 N–H and O–H groups in total. The maximum absolute atomic E-state index is 5.89. The maximum Gasteiger partial charge on any atom is 0.138 e. The fourth-order valence-electron chi connectivity index (χ4n) is 2.72. The van der Waals surface area contributed by atoms with E-state index < -0.39 is 0 Å². The number of hydrogen-bond donors (Lipinski definition) is 1. The number of hydrogen-bond acceptors (Lipinski definition) is 2. The van der Waals surface area contributed by atoms with Crippen molar-refractivity contribution >= 4 is 22.6 Å². The van der Waals surface area contributed by atoms with Gasteiger partial charge in [0.1, 0.15) is 18.2 Å². The number of imidazole rings is 1. The van der Waals surface area contributed by atoms with E-state index in [1.54, 1.807) is 0 Å². The third-order valence-electron chi connectivity index (χ3n) is 4.08. The normalized spacial score (nSPS) is 11.0. The van der Waals surface area contributed by atoms with Crippen molar-refractivity contribution in [3.05, 3.63) is 82.9 Å². The number of H-pyrrole nitrogens is 1. The molecule has 4 rings (SSSR count). The number of benzene rings is 3. The fraction of sp³-hybridized carbons (Fsp3) is 0.0952. The van der Waals surface area contributed by atoms with Gasteiger partial charge in [-0.05, 0) is 66.6 Å². The van der Waals surface area contributed by atoms with Gasteiger partial charge in [-0.25, -0.2) is 4.98 Å². The number of aryl methyl sites for hydroxylation is 1. The van der Waals surface area contributed by atoms with Crippen LogP contribution >= 0.6 is 11.6 Å². The van der Waals surface area contributed by atoms with E-state index in [0.29, 0.717) is 6.61 Å². The summed E-state index contributed by atoms with van der Waals surface area (Å²) in [7, 11) is 0. The fourth-order valence-corrected chi connectivity index (χ4v) is 2.84. The molecule has 0 saturated carbocycles. The van der Waals surface area contributed by atoms with E-state index in [1.807, 2.05) is 54.6 Å². The molecule has 4 heteroatoms. The number of aromatic nitrogens is 2. The zero-order chi connectivity index (χ0) is 17.2. The van der Waals surface area contributed by atoms with Crippen molar-refractivity contribution in [1.82, 2.24) is 9.97 Å². The molecule has 1 aromatic heterocycles. The molecular weight excluding hydrogens is 332 g/mol. The highest BCUT2D eigenvalue weighted by Crippen LogP contribution is 2.24. The molecule has 0 unspecified atom stereocenters. The molecule has 0 bridgehead atoms. The van der Waals surface area contributed by atoms with Gasteiger partial charge in [0.05, 0.1) is 11.0 Å². The monoisotopic (exact) mass is 348 g/mol. The molecule has 0 aliphatic carbocycles. The predicted molar refractivity (Wildman–Crippen MR) is 102 cm³/mol. The number of aromatic amines is 1. The van der Waals surface area contributed by atoms with Gasteiger partial charge in [0.15, 0.2) is 0 Å². The minimum atomic E-state index is 0.514. The van der Waals surface area contributed by atoms with E-state index in [-0.39, 0.29) is 0 Å². The molecule has 4 aromatic rings. The molecule has 0 aliphatic rings. The van der Waals surface area contributed by atoms with E-state index >= 15 is 0 Å². The minimum absolute atomic E-state index is 0.514. The summed E-state index contributed by atoms with van der Waals surface area (Å²) in [5.41, 5.74) is 5.37. The number of fused-ring (bicyclic) bond motifs is 1. The van der Waals surface area contributed by atoms with Gasteiger partial charge in [-0.2, -0.15) is 0 Å². The highest BCUT2D eigenvalue weighted by Gasteiger charge is 2.06. The number of halogens is 1. The highest BCUT2D eigenvalue weighted by atomic mass is 35.5. The third kappa shape index (κ3) is 3.52. The first-order chi connectivity index (χ1) is 12.2. The molecule has 0 saturated heterocycles. The second-order valence-corrected chi connectivity index (χ2v) is 6.48. The molecule has 1 heterocycles. The van der Waals surface area contributed by atoms with Crippen LogP contribution in [0.3, 0.4) is 0 Å². The molecular formula is C21H17ClN2O. The summed E-state index contributed by atoms with van der Waals surface area (Å²) in [6.07, 6.45) is 0. The average molecular weight is 349 g/mol. The van der Waals surface area contributed by atoms with Crippen LogP contribution in [0.4, 0.5) is 0 Å². The maximum atomic E-state index is 5.89. The van der Waals surface area contributed by atoms with Gasteiger partial charge in [0, 0.05) is 10.6 Å². The van der Waals surface area contributed by atoms with Gasteiger partial charge in [0.2, 0.25) is 0 Å². The van der Waals surface area contributed by atoms with Crippen molar-refractivity contribution in [2.24, 2.45) is 0 Å². The number of nitrogens with one attached hydrogen (secondary N) is 1. The predicted octanol–water partition coefficient (Wildman–Crippen LogP) is 5.77. The van der Waals surface area contributed by atoms with Gasteiger partial charge in [-0.3, -0.25) is 0 Å². The van der Waals surface area contributed by atoms with Gasteiger partial charge in [-0.1, -0.05) is 29.8 Å². The van der Waals surface area contributed by atoms with E-state index in [9.17, 15) is 0 Å². The number of nitrogens with zero attached hydrogens (tertiary/aromatic N) is 1. The van der Waals surface area contributed by atoms with Crippen LogP contribution in [0.2, 0.25) is 5.02 Å². The summed E-state index contributed by atoms with van der Waals surface area (Å²) in [5.74, 6) is 1.69. The Balaban J connectivity index is 1.49. The van der Waals surface area contributed by atoms with Crippen molar-refractivity contribution < 1.29 is 4.74 Å². The SMILES string of the molecule is Cc1ccc2nc(-c3ccc(OCc4ccc(Cl)cc4)cc3)[nH]c2c1. The Morgan fingerprint density at radius 2 is 1.72 bits per heavy atom. The zero-order valence-electron chi connectivity index (χ0n) is 13.8. The first-order valence-electron chi connectivity index (χ1n) is 8.11. The first-order valence-corrected chi connectivity index (χ1v) is 8.49. The molecule has 0 fully saturated rings. The van der Waals surface area contributed by atoms with Crippen molar-refractivity contribution in [1.29, 1.82) is 0 Å². The Hall–Kier alpha value is -2.78. The number of ether oxygens (including phenoxy) is 1. The summed E-state index contributed by atoms with van der Waals surface area (Å²) in [4.78, 5) is 8.02. The van der Waals surface area contributed by atoms with Crippen molar-refractivity contribution in [3.8, 4) is 17.1 Å². The second-order valence-electron chi connectivity index (χ2n) is 6.05. The van der Waals surface area contributed by atoms with E-state index in [2.05, 4.69) is 29.0 Å². The van der Waals surface area contributed by atoms with Crippen LogP contribution in [0.25, 0.3) is 22.4 Å². The quantitative estimate of drug-likeness (QED) is 0.508. The third-order valence-corrected chi connectivity index (χ3v) is 4.34. The first kappa shape index (κ1) is 15.7. The standard InChI is InChI=1S/C21H17ClN2O/c1-14-2-11-19-20(12-14)24-21(23-19)16-5-9-18(10-6-16)25-13-15-3-7-17(22)8-4-15/h2-12H,13H2,1H3,(H,23,24). The summed E-state index contributed by atoms with van der Waals surface area (Å²) < 4.78 is 5.82. The van der Waals surface area contributed by atoms with E-state index in [1.165, 1.54) is 5.56 Å². The van der Waals surface area contributed by atoms with Crippen LogP contribution in [0.1, 0.15) is 11.1 Å². The minimum Gasteiger partial charge on any atom is -0.489 e. The van der Waals surface area contributed by atoms with Gasteiger partial charge in [-0.15, -0.1) is 0 Å². The Morgan fingerprint density at radius 1 is 0.960 bits per heavy atom. The largest absolute Gasteiger partial charge is 0.489 e. The van der Waals surface area contributed by atoms with E-state index in [0.717, 1.165) is 38.8 Å². The zero-order valence-corrected chi connectivity index (χ0v) is 14.5. The average Bonchev–Trinajstić information content (AvgIpc) is 3.05. The van der Waals surface area contributed by atoms with Crippen LogP contribution < -0.4 is 4.74 Å². The molecule has 3 nitrogen and oxygen atoms in total. The second kappa shape index (κ2) is 6.61. The molecule has 3 aromatic carbocycles. The Morgan fingerprint density at radius 3 is 2.48 bits per heavy atom. The number of rotatable bonds is 4. The summed E-state index contributed by atoms with van der Waals surface area (Å²) in [6.45, 7) is 2.59. The van der Waals surface area contributed by atoms with Crippen LogP contribution in [0.5, 0.6) is 5.75 Å². The van der Waals surface area contributed by atoms with Gasteiger partial charge in [0.25, 0.3) is 0 Å². The van der Waals surface area contributed by atoms with Crippen LogP contribution in [0, 0.1) is 6.92 Å². The molecule has 0 aliphatic heterocycles. The molecule has 0 radical (unpaired) electrons. The molecule has 25 heavy (non-hydrogen) atoms. The lowest BCUT2D eigenvalue weighted by Crippen LogP contribution is -1.95.